The average Bonchev–Trinajstić information content (AvgIpc) is 2.75. The van der Waals surface area contributed by atoms with Gasteiger partial charge in [0, 0.05) is 25.2 Å². The van der Waals surface area contributed by atoms with Gasteiger partial charge < -0.3 is 15.0 Å². The highest BCUT2D eigenvalue weighted by molar-refractivity contribution is 5.76. The van der Waals surface area contributed by atoms with Crippen LogP contribution in [0.25, 0.3) is 0 Å². The Hall–Kier alpha value is -2.38. The fourth-order valence-corrected chi connectivity index (χ4v) is 1.74. The third-order valence-electron chi connectivity index (χ3n) is 2.68. The van der Waals surface area contributed by atoms with Crippen molar-refractivity contribution in [3.8, 4) is 5.75 Å². The number of nitrogens with one attached hydrogen (secondary N) is 1. The van der Waals surface area contributed by atoms with Gasteiger partial charge in [0.25, 0.3) is 0 Å². The molecule has 2 rings (SSSR count). The number of carbonyl (C=O) groups is 1. The second-order valence-corrected chi connectivity index (χ2v) is 3.94. The minimum Gasteiger partial charge on any atom is -0.485 e. The lowest BCUT2D eigenvalue weighted by molar-refractivity contribution is -0.385. The molecule has 7 nitrogen and oxygen atoms in total. The Labute approximate surface area is 108 Å². The number of amides is 2. The Balaban J connectivity index is 1.97. The summed E-state index contributed by atoms with van der Waals surface area (Å²) < 4.78 is 18.2. The van der Waals surface area contributed by atoms with Crippen LogP contribution in [0.1, 0.15) is 0 Å². The number of nitrogens with zero attached hydrogens (tertiary/aromatic N) is 2. The Bertz CT molecular complexity index is 509. The van der Waals surface area contributed by atoms with Crippen LogP contribution in [0.2, 0.25) is 0 Å². The number of carbonyl (C=O) groups excluding carboxylic acids is 1. The summed E-state index contributed by atoms with van der Waals surface area (Å²) in [5, 5.41) is 13.4. The van der Waals surface area contributed by atoms with Gasteiger partial charge in [0.15, 0.2) is 5.75 Å². The minimum absolute atomic E-state index is 0.0672. The van der Waals surface area contributed by atoms with Crippen molar-refractivity contribution < 1.29 is 18.8 Å². The highest BCUT2D eigenvalue weighted by atomic mass is 19.1. The van der Waals surface area contributed by atoms with E-state index in [2.05, 4.69) is 5.32 Å². The standard InChI is InChI=1S/C11H12FN3O4/c12-8-1-2-9(15(17)18)10(7-8)19-6-5-14-4-3-13-11(14)16/h1-2,7H,3-6H2,(H,13,16). The van der Waals surface area contributed by atoms with Gasteiger partial charge in [-0.05, 0) is 6.07 Å². The van der Waals surface area contributed by atoms with Gasteiger partial charge in [-0.1, -0.05) is 0 Å². The Kier molecular flexibility index (Phi) is 3.79. The predicted molar refractivity (Wildman–Crippen MR) is 63.5 cm³/mol. The number of nitro groups is 1. The number of nitro benzene ring substituents is 1. The van der Waals surface area contributed by atoms with Crippen LogP contribution < -0.4 is 10.1 Å². The van der Waals surface area contributed by atoms with Crippen LogP contribution in [0.5, 0.6) is 5.75 Å². The van der Waals surface area contributed by atoms with Crippen molar-refractivity contribution in [3.05, 3.63) is 34.1 Å². The van der Waals surface area contributed by atoms with Gasteiger partial charge in [0.2, 0.25) is 0 Å². The molecule has 1 aliphatic rings. The number of ether oxygens (including phenoxy) is 1. The summed E-state index contributed by atoms with van der Waals surface area (Å²) in [4.78, 5) is 22.8. The van der Waals surface area contributed by atoms with E-state index < -0.39 is 10.7 Å². The van der Waals surface area contributed by atoms with Gasteiger partial charge in [0.05, 0.1) is 11.5 Å². The van der Waals surface area contributed by atoms with E-state index in [9.17, 15) is 19.3 Å². The second-order valence-electron chi connectivity index (χ2n) is 3.94. The van der Waals surface area contributed by atoms with E-state index in [0.29, 0.717) is 19.6 Å². The molecule has 102 valence electrons. The third-order valence-corrected chi connectivity index (χ3v) is 2.68. The second kappa shape index (κ2) is 5.51. The molecular weight excluding hydrogens is 257 g/mol. The van der Waals surface area contributed by atoms with Gasteiger partial charge in [-0.25, -0.2) is 9.18 Å². The number of halogens is 1. The summed E-state index contributed by atoms with van der Waals surface area (Å²) in [6.07, 6.45) is 0. The quantitative estimate of drug-likeness (QED) is 0.641. The molecule has 0 bridgehead atoms. The molecule has 8 heteroatoms. The molecule has 0 spiro atoms. The molecule has 1 fully saturated rings. The van der Waals surface area contributed by atoms with E-state index >= 15 is 0 Å². The molecule has 1 aromatic rings. The fraction of sp³-hybridized carbons (Fsp3) is 0.364. The molecule has 0 unspecified atom stereocenters. The van der Waals surface area contributed by atoms with Crippen molar-refractivity contribution >= 4 is 11.7 Å². The highest BCUT2D eigenvalue weighted by Crippen LogP contribution is 2.27. The monoisotopic (exact) mass is 269 g/mol. The van der Waals surface area contributed by atoms with Crippen molar-refractivity contribution in [1.29, 1.82) is 0 Å². The maximum absolute atomic E-state index is 13.0. The molecule has 1 heterocycles. The lowest BCUT2D eigenvalue weighted by atomic mass is 10.3. The fourth-order valence-electron chi connectivity index (χ4n) is 1.74. The smallest absolute Gasteiger partial charge is 0.317 e. The lowest BCUT2D eigenvalue weighted by Gasteiger charge is -2.14. The zero-order valence-corrected chi connectivity index (χ0v) is 9.97. The van der Waals surface area contributed by atoms with Crippen molar-refractivity contribution in [3.63, 3.8) is 0 Å². The molecule has 0 aromatic heterocycles. The first-order valence-corrected chi connectivity index (χ1v) is 5.67. The summed E-state index contributed by atoms with van der Waals surface area (Å²) >= 11 is 0. The summed E-state index contributed by atoms with van der Waals surface area (Å²) in [6, 6.07) is 2.81. The van der Waals surface area contributed by atoms with Gasteiger partial charge in [-0.15, -0.1) is 0 Å². The number of hydrogen-bond donors (Lipinski definition) is 1. The number of urea groups is 1. The predicted octanol–water partition coefficient (Wildman–Crippen LogP) is 1.14. The van der Waals surface area contributed by atoms with Crippen molar-refractivity contribution in [2.75, 3.05) is 26.2 Å². The van der Waals surface area contributed by atoms with E-state index in [1.165, 1.54) is 4.90 Å². The first kappa shape index (κ1) is 13.1. The van der Waals surface area contributed by atoms with Crippen LogP contribution in [0.3, 0.4) is 0 Å². The van der Waals surface area contributed by atoms with E-state index in [-0.39, 0.29) is 24.1 Å². The first-order valence-electron chi connectivity index (χ1n) is 5.67. The van der Waals surface area contributed by atoms with E-state index in [0.717, 1.165) is 18.2 Å². The SMILES string of the molecule is O=C1NCCN1CCOc1cc(F)ccc1[N+](=O)[O-]. The Morgan fingerprint density at radius 3 is 2.95 bits per heavy atom. The van der Waals surface area contributed by atoms with Crippen LogP contribution >= 0.6 is 0 Å². The molecule has 1 N–H and O–H groups in total. The maximum atomic E-state index is 13.0. The molecule has 0 saturated carbocycles. The molecule has 0 radical (unpaired) electrons. The number of hydrogen-bond acceptors (Lipinski definition) is 4. The molecule has 19 heavy (non-hydrogen) atoms. The first-order chi connectivity index (χ1) is 9.08. The summed E-state index contributed by atoms with van der Waals surface area (Å²) in [7, 11) is 0. The molecule has 0 aliphatic carbocycles. The summed E-state index contributed by atoms with van der Waals surface area (Å²) in [6.45, 7) is 1.49. The molecule has 2 amide bonds. The van der Waals surface area contributed by atoms with Crippen molar-refractivity contribution in [2.24, 2.45) is 0 Å². The van der Waals surface area contributed by atoms with E-state index in [1.807, 2.05) is 0 Å². The molecule has 1 aromatic carbocycles. The number of rotatable bonds is 5. The molecule has 1 aliphatic heterocycles. The third kappa shape index (κ3) is 3.09. The van der Waals surface area contributed by atoms with Gasteiger partial charge >= 0.3 is 11.7 Å². The lowest BCUT2D eigenvalue weighted by Crippen LogP contribution is -2.31. The molecule has 1 saturated heterocycles. The van der Waals surface area contributed by atoms with Crippen LogP contribution in [0, 0.1) is 15.9 Å². The van der Waals surface area contributed by atoms with E-state index in [4.69, 9.17) is 4.74 Å². The zero-order valence-electron chi connectivity index (χ0n) is 9.97. The van der Waals surface area contributed by atoms with Gasteiger partial charge in [-0.3, -0.25) is 10.1 Å². The Morgan fingerprint density at radius 2 is 2.32 bits per heavy atom. The van der Waals surface area contributed by atoms with Crippen molar-refractivity contribution in [1.82, 2.24) is 10.2 Å². The highest BCUT2D eigenvalue weighted by Gasteiger charge is 2.20. The van der Waals surface area contributed by atoms with Gasteiger partial charge in [-0.2, -0.15) is 0 Å². The maximum Gasteiger partial charge on any atom is 0.317 e. The van der Waals surface area contributed by atoms with Crippen LogP contribution in [0.15, 0.2) is 18.2 Å². The molecular formula is C11H12FN3O4. The van der Waals surface area contributed by atoms with Crippen LogP contribution in [-0.2, 0) is 0 Å². The van der Waals surface area contributed by atoms with Crippen LogP contribution in [0.4, 0.5) is 14.9 Å². The minimum atomic E-state index is -0.642. The average molecular weight is 269 g/mol. The van der Waals surface area contributed by atoms with Crippen molar-refractivity contribution in [2.45, 2.75) is 0 Å². The topological polar surface area (TPSA) is 84.7 Å². The zero-order chi connectivity index (χ0) is 13.8. The largest absolute Gasteiger partial charge is 0.485 e. The van der Waals surface area contributed by atoms with Gasteiger partial charge in [0.1, 0.15) is 12.4 Å². The molecule has 0 atom stereocenters. The van der Waals surface area contributed by atoms with E-state index in [1.54, 1.807) is 0 Å². The normalized spacial score (nSPS) is 14.4. The number of benzene rings is 1. The van der Waals surface area contributed by atoms with Crippen LogP contribution in [-0.4, -0.2) is 42.1 Å². The summed E-state index contributed by atoms with van der Waals surface area (Å²) in [5.41, 5.74) is -0.299. The Morgan fingerprint density at radius 1 is 1.53 bits per heavy atom. The summed E-state index contributed by atoms with van der Waals surface area (Å²) in [5.74, 6) is -0.746.